The molecule has 0 heterocycles. The van der Waals surface area contributed by atoms with E-state index >= 15 is 0 Å². The fourth-order valence-corrected chi connectivity index (χ4v) is 2.10. The van der Waals surface area contributed by atoms with Crippen molar-refractivity contribution in [3.63, 3.8) is 0 Å². The van der Waals surface area contributed by atoms with E-state index in [2.05, 4.69) is 26.0 Å². The van der Waals surface area contributed by atoms with Crippen LogP contribution in [0.15, 0.2) is 42.0 Å². The summed E-state index contributed by atoms with van der Waals surface area (Å²) in [6.07, 6.45) is 6.35. The molecule has 0 bridgehead atoms. The van der Waals surface area contributed by atoms with Gasteiger partial charge in [0.25, 0.3) is 0 Å². The zero-order valence-corrected chi connectivity index (χ0v) is 11.8. The molecule has 0 fully saturated rings. The van der Waals surface area contributed by atoms with Gasteiger partial charge in [-0.2, -0.15) is 0 Å². The lowest BCUT2D eigenvalue weighted by Gasteiger charge is -2.10. The highest BCUT2D eigenvalue weighted by Gasteiger charge is 2.05. The van der Waals surface area contributed by atoms with E-state index in [1.165, 1.54) is 16.7 Å². The quantitative estimate of drug-likeness (QED) is 0.522. The molecule has 0 aliphatic carbocycles. The van der Waals surface area contributed by atoms with Crippen LogP contribution >= 0.6 is 0 Å². The molecule has 0 saturated heterocycles. The first kappa shape index (κ1) is 14.4. The summed E-state index contributed by atoms with van der Waals surface area (Å²) in [5.41, 5.74) is 4.70. The van der Waals surface area contributed by atoms with E-state index < -0.39 is 0 Å². The van der Waals surface area contributed by atoms with E-state index in [0.29, 0.717) is 0 Å². The minimum absolute atomic E-state index is 0.115. The van der Waals surface area contributed by atoms with Crippen molar-refractivity contribution in [2.45, 2.75) is 40.5 Å². The average molecular weight is 242 g/mol. The van der Waals surface area contributed by atoms with Crippen LogP contribution in [-0.2, 0) is 0 Å². The molecule has 1 rings (SSSR count). The van der Waals surface area contributed by atoms with Gasteiger partial charge < -0.3 is 0 Å². The van der Waals surface area contributed by atoms with Crippen LogP contribution in [0, 0.1) is 0 Å². The second-order valence-electron chi connectivity index (χ2n) is 4.36. The minimum atomic E-state index is 0.115. The first-order chi connectivity index (χ1) is 8.63. The molecule has 0 saturated carbocycles. The minimum Gasteiger partial charge on any atom is -0.295 e. The summed E-state index contributed by atoms with van der Waals surface area (Å²) in [6, 6.07) is 7.89. The Kier molecular flexibility index (Phi) is 5.57. The number of allylic oxidation sites excluding steroid dienone is 4. The van der Waals surface area contributed by atoms with Gasteiger partial charge in [-0.3, -0.25) is 4.79 Å². The fraction of sp³-hybridized carbons (Fsp3) is 0.353. The molecule has 0 aliphatic heterocycles. The summed E-state index contributed by atoms with van der Waals surface area (Å²) >= 11 is 0. The molecular formula is C17H22O. The average Bonchev–Trinajstić information content (AvgIpc) is 2.39. The monoisotopic (exact) mass is 242 g/mol. The summed E-state index contributed by atoms with van der Waals surface area (Å²) in [4.78, 5) is 11.3. The molecule has 18 heavy (non-hydrogen) atoms. The van der Waals surface area contributed by atoms with Gasteiger partial charge in [0.15, 0.2) is 5.78 Å². The topological polar surface area (TPSA) is 17.1 Å². The summed E-state index contributed by atoms with van der Waals surface area (Å²) < 4.78 is 0. The lowest BCUT2D eigenvalue weighted by atomic mass is 9.95. The van der Waals surface area contributed by atoms with Gasteiger partial charge in [-0.25, -0.2) is 0 Å². The molecule has 96 valence electrons. The molecule has 0 spiro atoms. The molecule has 1 aromatic carbocycles. The smallest absolute Gasteiger partial charge is 0.159 e. The summed E-state index contributed by atoms with van der Waals surface area (Å²) in [5, 5.41) is 0. The van der Waals surface area contributed by atoms with Gasteiger partial charge in [0.1, 0.15) is 0 Å². The molecule has 1 aromatic rings. The standard InChI is InChI=1S/C17H22O/c1-5-8-17(14(6-2)7-3)16-11-9-15(10-12-16)13(4)18/h5,8-12H,6-7H2,1-4H3/b8-5-. The van der Waals surface area contributed by atoms with Crippen LogP contribution < -0.4 is 0 Å². The number of ketones is 1. The highest BCUT2D eigenvalue weighted by atomic mass is 16.1. The summed E-state index contributed by atoms with van der Waals surface area (Å²) in [6.45, 7) is 8.01. The van der Waals surface area contributed by atoms with Crippen LogP contribution in [0.3, 0.4) is 0 Å². The number of hydrogen-bond donors (Lipinski definition) is 0. The van der Waals surface area contributed by atoms with Crippen molar-refractivity contribution in [2.24, 2.45) is 0 Å². The Labute approximate surface area is 110 Å². The van der Waals surface area contributed by atoms with Crippen molar-refractivity contribution in [3.8, 4) is 0 Å². The zero-order chi connectivity index (χ0) is 13.5. The van der Waals surface area contributed by atoms with Gasteiger partial charge in [-0.05, 0) is 37.8 Å². The number of carbonyl (C=O) groups is 1. The molecular weight excluding hydrogens is 220 g/mol. The van der Waals surface area contributed by atoms with Crippen molar-refractivity contribution in [1.82, 2.24) is 0 Å². The number of benzene rings is 1. The van der Waals surface area contributed by atoms with Gasteiger partial charge in [0, 0.05) is 5.56 Å². The second-order valence-corrected chi connectivity index (χ2v) is 4.36. The predicted octanol–water partition coefficient (Wildman–Crippen LogP) is 5.04. The Morgan fingerprint density at radius 1 is 1.06 bits per heavy atom. The molecule has 0 amide bonds. The lowest BCUT2D eigenvalue weighted by molar-refractivity contribution is 0.101. The summed E-state index contributed by atoms with van der Waals surface area (Å²) in [7, 11) is 0. The molecule has 0 radical (unpaired) electrons. The largest absolute Gasteiger partial charge is 0.295 e. The molecule has 0 aliphatic rings. The molecule has 0 aromatic heterocycles. The van der Waals surface area contributed by atoms with Crippen molar-refractivity contribution < 1.29 is 4.79 Å². The van der Waals surface area contributed by atoms with E-state index in [1.807, 2.05) is 31.2 Å². The highest BCUT2D eigenvalue weighted by molar-refractivity contribution is 5.94. The van der Waals surface area contributed by atoms with E-state index in [9.17, 15) is 4.79 Å². The molecule has 0 N–H and O–H groups in total. The van der Waals surface area contributed by atoms with E-state index in [0.717, 1.165) is 18.4 Å². The molecule has 1 heteroatoms. The van der Waals surface area contributed by atoms with Crippen LogP contribution in [0.4, 0.5) is 0 Å². The van der Waals surface area contributed by atoms with Crippen LogP contribution in [0.1, 0.15) is 56.5 Å². The van der Waals surface area contributed by atoms with Crippen molar-refractivity contribution in [1.29, 1.82) is 0 Å². The Balaban J connectivity index is 3.23. The van der Waals surface area contributed by atoms with Crippen molar-refractivity contribution >= 4 is 11.4 Å². The number of carbonyl (C=O) groups excluding carboxylic acids is 1. The van der Waals surface area contributed by atoms with Gasteiger partial charge in [-0.1, -0.05) is 55.8 Å². The van der Waals surface area contributed by atoms with E-state index in [1.54, 1.807) is 6.92 Å². The maximum atomic E-state index is 11.3. The Bertz CT molecular complexity index is 455. The first-order valence-electron chi connectivity index (χ1n) is 6.60. The normalized spacial score (nSPS) is 10.7. The fourth-order valence-electron chi connectivity index (χ4n) is 2.10. The maximum Gasteiger partial charge on any atom is 0.159 e. The number of Topliss-reactive ketones (excluding diaryl/α,β-unsaturated/α-hetero) is 1. The summed E-state index contributed by atoms with van der Waals surface area (Å²) in [5.74, 6) is 0.115. The second kappa shape index (κ2) is 6.95. The number of rotatable bonds is 5. The SMILES string of the molecule is C/C=C\C(=C(CC)CC)c1ccc(C(C)=O)cc1. The molecule has 0 atom stereocenters. The Hall–Kier alpha value is -1.63. The zero-order valence-electron chi connectivity index (χ0n) is 11.8. The van der Waals surface area contributed by atoms with Crippen LogP contribution in [0.2, 0.25) is 0 Å². The van der Waals surface area contributed by atoms with Gasteiger partial charge in [0.05, 0.1) is 0 Å². The third-order valence-corrected chi connectivity index (χ3v) is 3.17. The first-order valence-corrected chi connectivity index (χ1v) is 6.60. The van der Waals surface area contributed by atoms with Crippen molar-refractivity contribution in [2.75, 3.05) is 0 Å². The van der Waals surface area contributed by atoms with Crippen LogP contribution in [0.5, 0.6) is 0 Å². The Morgan fingerprint density at radius 2 is 1.56 bits per heavy atom. The van der Waals surface area contributed by atoms with Gasteiger partial charge in [-0.15, -0.1) is 0 Å². The third-order valence-electron chi connectivity index (χ3n) is 3.17. The van der Waals surface area contributed by atoms with E-state index in [4.69, 9.17) is 0 Å². The third kappa shape index (κ3) is 3.43. The lowest BCUT2D eigenvalue weighted by Crippen LogP contribution is -1.93. The molecule has 1 nitrogen and oxygen atoms in total. The highest BCUT2D eigenvalue weighted by Crippen LogP contribution is 2.25. The molecule has 0 unspecified atom stereocenters. The Morgan fingerprint density at radius 3 is 1.94 bits per heavy atom. The predicted molar refractivity (Wildman–Crippen MR) is 78.8 cm³/mol. The number of hydrogen-bond acceptors (Lipinski definition) is 1. The van der Waals surface area contributed by atoms with Crippen LogP contribution in [-0.4, -0.2) is 5.78 Å². The van der Waals surface area contributed by atoms with Crippen molar-refractivity contribution in [3.05, 3.63) is 53.1 Å². The van der Waals surface area contributed by atoms with Crippen LogP contribution in [0.25, 0.3) is 5.57 Å². The maximum absolute atomic E-state index is 11.3. The van der Waals surface area contributed by atoms with Gasteiger partial charge >= 0.3 is 0 Å². The van der Waals surface area contributed by atoms with E-state index in [-0.39, 0.29) is 5.78 Å². The van der Waals surface area contributed by atoms with Gasteiger partial charge in [0.2, 0.25) is 0 Å².